The first-order chi connectivity index (χ1) is 20.3. The summed E-state index contributed by atoms with van der Waals surface area (Å²) < 4.78 is 6.74. The molecule has 43 heavy (non-hydrogen) atoms. The van der Waals surface area contributed by atoms with Crippen molar-refractivity contribution in [3.63, 3.8) is 0 Å². The second kappa shape index (κ2) is 9.48. The van der Waals surface area contributed by atoms with Gasteiger partial charge in [0, 0.05) is 5.41 Å². The quantitative estimate of drug-likeness (QED) is 0.192. The standard InChI is InChI=1S/C41H41BO/c1-39(2,3)29-18-13-26(14-19-29)28-17-23-35-34(25-28)42-33-12-10-9-11-32(33)41(7,8)37-31(22-24-36(43-35)38(37)42)27-15-20-30(21-16-27)40(4,5)6/h9-25H,1-8H3. The zero-order valence-electron chi connectivity index (χ0n) is 26.8. The molecule has 0 atom stereocenters. The van der Waals surface area contributed by atoms with Crippen molar-refractivity contribution in [3.8, 4) is 33.8 Å². The number of hydrogen-bond acceptors (Lipinski definition) is 1. The first-order valence-corrected chi connectivity index (χ1v) is 15.6. The van der Waals surface area contributed by atoms with Gasteiger partial charge in [0.05, 0.1) is 0 Å². The molecule has 2 aliphatic rings. The Labute approximate surface area is 258 Å². The minimum absolute atomic E-state index is 0.112. The van der Waals surface area contributed by atoms with E-state index in [1.165, 1.54) is 60.9 Å². The molecule has 0 aromatic heterocycles. The summed E-state index contributed by atoms with van der Waals surface area (Å²) in [6.07, 6.45) is 0. The maximum Gasteiger partial charge on any atom is 0.251 e. The van der Waals surface area contributed by atoms with Crippen LogP contribution in [0.3, 0.4) is 0 Å². The third-order valence-electron chi connectivity index (χ3n) is 9.75. The molecule has 2 aliphatic heterocycles. The molecular weight excluding hydrogens is 519 g/mol. The first-order valence-electron chi connectivity index (χ1n) is 15.6. The maximum atomic E-state index is 6.74. The van der Waals surface area contributed by atoms with E-state index in [9.17, 15) is 0 Å². The largest absolute Gasteiger partial charge is 0.458 e. The second-order valence-corrected chi connectivity index (χ2v) is 15.1. The van der Waals surface area contributed by atoms with Gasteiger partial charge in [0.2, 0.25) is 0 Å². The average molecular weight is 561 g/mol. The van der Waals surface area contributed by atoms with E-state index in [0.717, 1.165) is 11.5 Å². The molecule has 0 aliphatic carbocycles. The van der Waals surface area contributed by atoms with E-state index in [1.807, 2.05) is 0 Å². The lowest BCUT2D eigenvalue weighted by atomic mass is 9.30. The Morgan fingerprint density at radius 1 is 0.558 bits per heavy atom. The van der Waals surface area contributed by atoms with Crippen LogP contribution in [0.5, 0.6) is 11.5 Å². The fraction of sp³-hybridized carbons (Fsp3) is 0.268. The summed E-state index contributed by atoms with van der Waals surface area (Å²) >= 11 is 0. The van der Waals surface area contributed by atoms with E-state index in [1.54, 1.807) is 0 Å². The summed E-state index contributed by atoms with van der Waals surface area (Å²) in [6, 6.07) is 38.6. The third kappa shape index (κ3) is 4.46. The van der Waals surface area contributed by atoms with Crippen molar-refractivity contribution in [2.24, 2.45) is 0 Å². The van der Waals surface area contributed by atoms with Crippen LogP contribution >= 0.6 is 0 Å². The van der Waals surface area contributed by atoms with Crippen LogP contribution in [0.4, 0.5) is 0 Å². The highest BCUT2D eigenvalue weighted by atomic mass is 16.5. The van der Waals surface area contributed by atoms with Gasteiger partial charge in [0.1, 0.15) is 11.5 Å². The highest BCUT2D eigenvalue weighted by Crippen LogP contribution is 2.44. The van der Waals surface area contributed by atoms with Crippen molar-refractivity contribution in [1.29, 1.82) is 0 Å². The molecule has 5 aromatic rings. The van der Waals surface area contributed by atoms with Crippen LogP contribution in [0, 0.1) is 0 Å². The Hall–Kier alpha value is -4.04. The van der Waals surface area contributed by atoms with Crippen molar-refractivity contribution >= 4 is 23.1 Å². The summed E-state index contributed by atoms with van der Waals surface area (Å²) in [7, 11) is 0. The van der Waals surface area contributed by atoms with Gasteiger partial charge in [-0.05, 0) is 78.4 Å². The predicted octanol–water partition coefficient (Wildman–Crippen LogP) is 8.88. The van der Waals surface area contributed by atoms with Gasteiger partial charge < -0.3 is 4.74 Å². The number of benzene rings is 5. The van der Waals surface area contributed by atoms with Gasteiger partial charge >= 0.3 is 0 Å². The molecule has 0 unspecified atom stereocenters. The van der Waals surface area contributed by atoms with Gasteiger partial charge in [-0.25, -0.2) is 0 Å². The van der Waals surface area contributed by atoms with Crippen LogP contribution < -0.4 is 21.1 Å². The van der Waals surface area contributed by atoms with E-state index >= 15 is 0 Å². The second-order valence-electron chi connectivity index (χ2n) is 15.1. The topological polar surface area (TPSA) is 9.23 Å². The number of hydrogen-bond donors (Lipinski definition) is 0. The fourth-order valence-corrected chi connectivity index (χ4v) is 7.30. The molecule has 0 saturated carbocycles. The van der Waals surface area contributed by atoms with Crippen LogP contribution in [0.25, 0.3) is 22.3 Å². The van der Waals surface area contributed by atoms with Crippen LogP contribution in [-0.4, -0.2) is 6.71 Å². The van der Waals surface area contributed by atoms with Crippen LogP contribution in [-0.2, 0) is 16.2 Å². The summed E-state index contributed by atoms with van der Waals surface area (Å²) in [6.45, 7) is 18.5. The number of rotatable bonds is 2. The lowest BCUT2D eigenvalue weighted by Gasteiger charge is -2.43. The first kappa shape index (κ1) is 27.8. The summed E-state index contributed by atoms with van der Waals surface area (Å²) in [5.41, 5.74) is 14.5. The summed E-state index contributed by atoms with van der Waals surface area (Å²) in [4.78, 5) is 0. The lowest BCUT2D eigenvalue weighted by molar-refractivity contribution is 0.484. The molecule has 0 saturated heterocycles. The molecule has 2 heterocycles. The van der Waals surface area contributed by atoms with Crippen molar-refractivity contribution in [1.82, 2.24) is 0 Å². The molecule has 1 nitrogen and oxygen atoms in total. The molecule has 0 bridgehead atoms. The number of ether oxygens (including phenoxy) is 1. The Kier molecular flexibility index (Phi) is 6.13. The van der Waals surface area contributed by atoms with Crippen LogP contribution in [0.2, 0.25) is 0 Å². The SMILES string of the molecule is CC(C)(C)c1ccc(-c2ccc3c(c2)B2c4ccccc4C(C)(C)c4c(-c5ccc(C(C)(C)C)cc5)ccc(c42)O3)cc1. The van der Waals surface area contributed by atoms with Crippen LogP contribution in [0.15, 0.2) is 103 Å². The van der Waals surface area contributed by atoms with Gasteiger partial charge in [0.25, 0.3) is 6.71 Å². The molecular formula is C41H41BO. The molecule has 214 valence electrons. The van der Waals surface area contributed by atoms with Crippen molar-refractivity contribution in [3.05, 3.63) is 125 Å². The van der Waals surface area contributed by atoms with Gasteiger partial charge in [-0.3, -0.25) is 0 Å². The van der Waals surface area contributed by atoms with E-state index < -0.39 is 0 Å². The zero-order valence-corrected chi connectivity index (χ0v) is 26.8. The smallest absolute Gasteiger partial charge is 0.251 e. The fourth-order valence-electron chi connectivity index (χ4n) is 7.30. The van der Waals surface area contributed by atoms with Gasteiger partial charge in [-0.2, -0.15) is 0 Å². The van der Waals surface area contributed by atoms with Crippen molar-refractivity contribution in [2.45, 2.75) is 71.6 Å². The third-order valence-corrected chi connectivity index (χ3v) is 9.75. The Bertz CT molecular complexity index is 1860. The highest BCUT2D eigenvalue weighted by molar-refractivity contribution is 6.98. The molecule has 0 N–H and O–H groups in total. The van der Waals surface area contributed by atoms with Crippen LogP contribution in [0.1, 0.15) is 77.6 Å². The summed E-state index contributed by atoms with van der Waals surface area (Å²) in [5.74, 6) is 1.93. The predicted molar refractivity (Wildman–Crippen MR) is 184 cm³/mol. The Morgan fingerprint density at radius 3 is 1.74 bits per heavy atom. The zero-order chi connectivity index (χ0) is 30.3. The van der Waals surface area contributed by atoms with E-state index in [2.05, 4.69) is 159 Å². The molecule has 2 heteroatoms. The molecule has 0 radical (unpaired) electrons. The normalized spacial score (nSPS) is 14.8. The molecule has 7 rings (SSSR count). The molecule has 0 fully saturated rings. The van der Waals surface area contributed by atoms with Crippen molar-refractivity contribution in [2.75, 3.05) is 0 Å². The molecule has 0 spiro atoms. The molecule has 0 amide bonds. The van der Waals surface area contributed by atoms with E-state index in [-0.39, 0.29) is 23.0 Å². The highest BCUT2D eigenvalue weighted by Gasteiger charge is 2.46. The van der Waals surface area contributed by atoms with Gasteiger partial charge in [-0.1, -0.05) is 152 Å². The van der Waals surface area contributed by atoms with E-state index in [0.29, 0.717) is 0 Å². The number of fused-ring (bicyclic) bond motifs is 4. The molecule has 5 aromatic carbocycles. The Balaban J connectivity index is 1.43. The monoisotopic (exact) mass is 560 g/mol. The average Bonchev–Trinajstić information content (AvgIpc) is 2.98. The summed E-state index contributed by atoms with van der Waals surface area (Å²) in [5, 5.41) is 0. The minimum Gasteiger partial charge on any atom is -0.458 e. The minimum atomic E-state index is -0.183. The lowest BCUT2D eigenvalue weighted by Crippen LogP contribution is -2.62. The van der Waals surface area contributed by atoms with Gasteiger partial charge in [0.15, 0.2) is 0 Å². The maximum absolute atomic E-state index is 6.74. The van der Waals surface area contributed by atoms with Crippen molar-refractivity contribution < 1.29 is 4.74 Å². The van der Waals surface area contributed by atoms with Gasteiger partial charge in [-0.15, -0.1) is 0 Å². The van der Waals surface area contributed by atoms with E-state index in [4.69, 9.17) is 4.74 Å². The Morgan fingerprint density at radius 2 is 1.12 bits per heavy atom.